The zero-order valence-electron chi connectivity index (χ0n) is 13.4. The van der Waals surface area contributed by atoms with Crippen molar-refractivity contribution in [1.29, 1.82) is 0 Å². The lowest BCUT2D eigenvalue weighted by molar-refractivity contribution is 1.03. The second kappa shape index (κ2) is 5.64. The molecule has 0 saturated carbocycles. The fourth-order valence-electron chi connectivity index (χ4n) is 2.67. The molecule has 0 amide bonds. The van der Waals surface area contributed by atoms with Crippen LogP contribution in [-0.4, -0.2) is 31.1 Å². The van der Waals surface area contributed by atoms with E-state index in [-0.39, 0.29) is 0 Å². The Morgan fingerprint density at radius 1 is 0.773 bits per heavy atom. The number of rotatable bonds is 3. The van der Waals surface area contributed by atoms with Crippen LogP contribution in [-0.2, 0) is 0 Å². The van der Waals surface area contributed by atoms with Crippen molar-refractivity contribution in [2.75, 3.05) is 30.9 Å². The van der Waals surface area contributed by atoms with E-state index >= 15 is 0 Å². The van der Waals surface area contributed by atoms with E-state index in [0.29, 0.717) is 0 Å². The smallest absolute Gasteiger partial charge is 0.144 e. The van der Waals surface area contributed by atoms with Gasteiger partial charge in [0.15, 0.2) is 0 Å². The molecule has 3 aromatic rings. The molecule has 4 heteroatoms. The van der Waals surface area contributed by atoms with Crippen LogP contribution in [0, 0.1) is 6.92 Å². The molecule has 0 bridgehead atoms. The Morgan fingerprint density at radius 2 is 1.41 bits per heavy atom. The number of aryl methyl sites for hydroxylation is 1. The monoisotopic (exact) mass is 292 g/mol. The van der Waals surface area contributed by atoms with Crippen LogP contribution in [0.25, 0.3) is 10.9 Å². The summed E-state index contributed by atoms with van der Waals surface area (Å²) >= 11 is 0. The first-order valence-corrected chi connectivity index (χ1v) is 7.31. The van der Waals surface area contributed by atoms with E-state index < -0.39 is 0 Å². The number of fused-ring (bicyclic) bond motifs is 1. The lowest BCUT2D eigenvalue weighted by Gasteiger charge is -2.26. The Bertz CT molecular complexity index is 811. The number of nitrogens with zero attached hydrogens (tertiary/aromatic N) is 4. The van der Waals surface area contributed by atoms with Crippen molar-refractivity contribution in [3.8, 4) is 0 Å². The van der Waals surface area contributed by atoms with E-state index in [2.05, 4.69) is 71.2 Å². The number of para-hydroxylation sites is 3. The third kappa shape index (κ3) is 2.48. The van der Waals surface area contributed by atoms with Gasteiger partial charge in [-0.3, -0.25) is 0 Å². The van der Waals surface area contributed by atoms with Gasteiger partial charge in [-0.25, -0.2) is 9.97 Å². The summed E-state index contributed by atoms with van der Waals surface area (Å²) in [7, 11) is 6.16. The number of anilines is 3. The van der Waals surface area contributed by atoms with Crippen molar-refractivity contribution >= 4 is 28.1 Å². The zero-order valence-corrected chi connectivity index (χ0v) is 13.4. The molecule has 0 radical (unpaired) electrons. The second-order valence-electron chi connectivity index (χ2n) is 5.55. The van der Waals surface area contributed by atoms with Gasteiger partial charge in [0.1, 0.15) is 11.6 Å². The van der Waals surface area contributed by atoms with Gasteiger partial charge in [0.05, 0.1) is 16.9 Å². The van der Waals surface area contributed by atoms with Crippen LogP contribution >= 0.6 is 0 Å². The second-order valence-corrected chi connectivity index (χ2v) is 5.55. The zero-order chi connectivity index (χ0) is 15.7. The average Bonchev–Trinajstić information content (AvgIpc) is 2.53. The number of hydrogen-bond donors (Lipinski definition) is 0. The largest absolute Gasteiger partial charge is 0.376 e. The summed E-state index contributed by atoms with van der Waals surface area (Å²) < 4.78 is 0. The first-order valence-electron chi connectivity index (χ1n) is 7.31. The van der Waals surface area contributed by atoms with E-state index in [9.17, 15) is 0 Å². The highest BCUT2D eigenvalue weighted by Gasteiger charge is 2.15. The summed E-state index contributed by atoms with van der Waals surface area (Å²) in [5, 5.41) is 1.06. The number of hydrogen-bond acceptors (Lipinski definition) is 4. The molecule has 22 heavy (non-hydrogen) atoms. The first-order chi connectivity index (χ1) is 10.6. The van der Waals surface area contributed by atoms with E-state index in [1.807, 2.05) is 25.1 Å². The van der Waals surface area contributed by atoms with Gasteiger partial charge in [0, 0.05) is 26.5 Å². The first kappa shape index (κ1) is 14.3. The fraction of sp³-hybridized carbons (Fsp3) is 0.222. The van der Waals surface area contributed by atoms with Crippen LogP contribution in [0.5, 0.6) is 0 Å². The van der Waals surface area contributed by atoms with Crippen LogP contribution in [0.15, 0.2) is 48.5 Å². The average molecular weight is 292 g/mol. The van der Waals surface area contributed by atoms with Crippen LogP contribution in [0.3, 0.4) is 0 Å². The normalized spacial score (nSPS) is 10.7. The topological polar surface area (TPSA) is 32.3 Å². The molecule has 4 nitrogen and oxygen atoms in total. The molecule has 0 atom stereocenters. The molecule has 0 fully saturated rings. The molecular weight excluding hydrogens is 272 g/mol. The minimum absolute atomic E-state index is 0.780. The van der Waals surface area contributed by atoms with Gasteiger partial charge in [-0.15, -0.1) is 0 Å². The van der Waals surface area contributed by atoms with Gasteiger partial charge in [-0.05, 0) is 31.2 Å². The van der Waals surface area contributed by atoms with Gasteiger partial charge in [0.25, 0.3) is 0 Å². The highest BCUT2D eigenvalue weighted by atomic mass is 15.2. The summed E-state index contributed by atoms with van der Waals surface area (Å²) in [6, 6.07) is 16.5. The minimum atomic E-state index is 0.780. The van der Waals surface area contributed by atoms with Gasteiger partial charge in [-0.2, -0.15) is 0 Å². The Labute approximate surface area is 131 Å². The van der Waals surface area contributed by atoms with E-state index in [1.54, 1.807) is 0 Å². The minimum Gasteiger partial charge on any atom is -0.376 e. The van der Waals surface area contributed by atoms with Crippen molar-refractivity contribution < 1.29 is 0 Å². The van der Waals surface area contributed by atoms with E-state index in [0.717, 1.165) is 33.9 Å². The Hall–Kier alpha value is -2.62. The molecular formula is C18H20N4. The lowest BCUT2D eigenvalue weighted by Crippen LogP contribution is -2.18. The molecule has 0 saturated heterocycles. The molecule has 0 spiro atoms. The molecule has 0 unspecified atom stereocenters. The van der Waals surface area contributed by atoms with Gasteiger partial charge in [-0.1, -0.05) is 24.3 Å². The predicted octanol–water partition coefficient (Wildman–Crippen LogP) is 3.77. The molecule has 2 aromatic carbocycles. The van der Waals surface area contributed by atoms with Crippen molar-refractivity contribution in [2.24, 2.45) is 0 Å². The van der Waals surface area contributed by atoms with Crippen molar-refractivity contribution in [3.63, 3.8) is 0 Å². The molecule has 1 heterocycles. The van der Waals surface area contributed by atoms with Crippen LogP contribution in [0.2, 0.25) is 0 Å². The summed E-state index contributed by atoms with van der Waals surface area (Å²) in [6.45, 7) is 1.93. The third-order valence-electron chi connectivity index (χ3n) is 3.74. The van der Waals surface area contributed by atoms with Gasteiger partial charge >= 0.3 is 0 Å². The highest BCUT2D eigenvalue weighted by Crippen LogP contribution is 2.34. The maximum atomic E-state index is 4.67. The molecule has 3 rings (SSSR count). The highest BCUT2D eigenvalue weighted by molar-refractivity contribution is 5.92. The molecule has 1 aromatic heterocycles. The molecule has 0 aliphatic carbocycles. The SMILES string of the molecule is Cc1nc(N(C)c2ccccc2N(C)C)c2ccccc2n1. The Morgan fingerprint density at radius 3 is 2.14 bits per heavy atom. The van der Waals surface area contributed by atoms with E-state index in [1.165, 1.54) is 0 Å². The summed E-state index contributed by atoms with van der Waals surface area (Å²) in [5.74, 6) is 1.71. The Kier molecular flexibility index (Phi) is 3.67. The van der Waals surface area contributed by atoms with Crippen LogP contribution in [0.1, 0.15) is 5.82 Å². The lowest BCUT2D eigenvalue weighted by atomic mass is 10.2. The van der Waals surface area contributed by atoms with Crippen molar-refractivity contribution in [1.82, 2.24) is 9.97 Å². The summed E-state index contributed by atoms with van der Waals surface area (Å²) in [5.41, 5.74) is 3.25. The van der Waals surface area contributed by atoms with Crippen LogP contribution in [0.4, 0.5) is 17.2 Å². The maximum absolute atomic E-state index is 4.67. The van der Waals surface area contributed by atoms with Crippen molar-refractivity contribution in [2.45, 2.75) is 6.92 Å². The molecule has 112 valence electrons. The molecule has 0 aliphatic heterocycles. The summed E-state index contributed by atoms with van der Waals surface area (Å²) in [4.78, 5) is 13.4. The fourth-order valence-corrected chi connectivity index (χ4v) is 2.67. The number of benzene rings is 2. The quantitative estimate of drug-likeness (QED) is 0.735. The molecule has 0 aliphatic rings. The van der Waals surface area contributed by atoms with E-state index in [4.69, 9.17) is 0 Å². The maximum Gasteiger partial charge on any atom is 0.144 e. The molecule has 0 N–H and O–H groups in total. The van der Waals surface area contributed by atoms with Gasteiger partial charge < -0.3 is 9.80 Å². The number of aromatic nitrogens is 2. The third-order valence-corrected chi connectivity index (χ3v) is 3.74. The van der Waals surface area contributed by atoms with Crippen molar-refractivity contribution in [3.05, 3.63) is 54.4 Å². The van der Waals surface area contributed by atoms with Crippen LogP contribution < -0.4 is 9.80 Å². The predicted molar refractivity (Wildman–Crippen MR) is 93.1 cm³/mol. The Balaban J connectivity index is 2.20. The standard InChI is InChI=1S/C18H20N4/c1-13-19-15-10-6-5-9-14(15)18(20-13)22(4)17-12-8-7-11-16(17)21(2)3/h5-12H,1-4H3. The summed E-state index contributed by atoms with van der Waals surface area (Å²) in [6.07, 6.45) is 0. The van der Waals surface area contributed by atoms with Gasteiger partial charge in [0.2, 0.25) is 0 Å².